The summed E-state index contributed by atoms with van der Waals surface area (Å²) in [5.74, 6) is 0.533. The third kappa shape index (κ3) is 5.99. The molecule has 0 saturated carbocycles. The molecule has 1 amide bonds. The molecule has 0 unspecified atom stereocenters. The number of esters is 1. The van der Waals surface area contributed by atoms with Crippen LogP contribution in [0.4, 0.5) is 11.4 Å². The van der Waals surface area contributed by atoms with Crippen LogP contribution >= 0.6 is 11.6 Å². The van der Waals surface area contributed by atoms with E-state index >= 15 is 0 Å². The largest absolute Gasteiger partial charge is 0.457 e. The lowest BCUT2D eigenvalue weighted by atomic mass is 10.1. The fourth-order valence-electron chi connectivity index (χ4n) is 3.18. The van der Waals surface area contributed by atoms with Crippen molar-refractivity contribution >= 4 is 41.1 Å². The van der Waals surface area contributed by atoms with E-state index in [1.54, 1.807) is 60.8 Å². The molecule has 0 spiro atoms. The molecule has 6 nitrogen and oxygen atoms in total. The summed E-state index contributed by atoms with van der Waals surface area (Å²) in [4.78, 5) is 27.9. The first-order chi connectivity index (χ1) is 16.5. The van der Waals surface area contributed by atoms with Crippen LogP contribution in [0.3, 0.4) is 0 Å². The Morgan fingerprint density at radius 3 is 2.47 bits per heavy atom. The predicted molar refractivity (Wildman–Crippen MR) is 133 cm³/mol. The van der Waals surface area contributed by atoms with Gasteiger partial charge < -0.3 is 14.5 Å². The van der Waals surface area contributed by atoms with Gasteiger partial charge in [0.1, 0.15) is 18.1 Å². The minimum atomic E-state index is -0.489. The second-order valence-corrected chi connectivity index (χ2v) is 7.85. The molecule has 0 fully saturated rings. The predicted octanol–water partition coefficient (Wildman–Crippen LogP) is 6.67. The van der Waals surface area contributed by atoms with Crippen molar-refractivity contribution in [2.75, 3.05) is 5.32 Å². The second kappa shape index (κ2) is 10.6. The number of amides is 1. The molecule has 170 valence electrons. The zero-order valence-electron chi connectivity index (χ0n) is 18.3. The van der Waals surface area contributed by atoms with Gasteiger partial charge in [-0.1, -0.05) is 48.0 Å². The number of anilines is 1. The molecule has 1 aromatic heterocycles. The summed E-state index contributed by atoms with van der Waals surface area (Å²) in [5, 5.41) is 2.99. The van der Waals surface area contributed by atoms with Crippen molar-refractivity contribution in [2.24, 2.45) is 4.99 Å². The Labute approximate surface area is 201 Å². The number of ether oxygens (including phenoxy) is 1. The van der Waals surface area contributed by atoms with E-state index in [0.29, 0.717) is 22.9 Å². The standard InChI is InChI=1S/C27H21ClN2O4/c1-18(31)30-22-10-8-21(9-11-22)29-16-23-12-14-26(34-23)20-7-13-24(25(28)15-20)27(32)33-17-19-5-3-2-4-6-19/h2-16H,17H2,1H3,(H,30,31). The molecule has 0 aliphatic carbocycles. The molecule has 1 N–H and O–H groups in total. The third-order valence-corrected chi connectivity index (χ3v) is 5.15. The van der Waals surface area contributed by atoms with Gasteiger partial charge in [0.2, 0.25) is 5.91 Å². The first-order valence-electron chi connectivity index (χ1n) is 10.5. The van der Waals surface area contributed by atoms with E-state index in [2.05, 4.69) is 10.3 Å². The highest BCUT2D eigenvalue weighted by atomic mass is 35.5. The van der Waals surface area contributed by atoms with Crippen LogP contribution < -0.4 is 5.32 Å². The molecule has 1 heterocycles. The number of furan rings is 1. The van der Waals surface area contributed by atoms with Gasteiger partial charge >= 0.3 is 5.97 Å². The summed E-state index contributed by atoms with van der Waals surface area (Å²) in [6, 6.07) is 25.2. The Morgan fingerprint density at radius 1 is 1.00 bits per heavy atom. The number of halogens is 1. The zero-order valence-corrected chi connectivity index (χ0v) is 19.1. The van der Waals surface area contributed by atoms with Crippen LogP contribution in [0.25, 0.3) is 11.3 Å². The number of rotatable bonds is 7. The van der Waals surface area contributed by atoms with Crippen molar-refractivity contribution in [3.63, 3.8) is 0 Å². The van der Waals surface area contributed by atoms with E-state index in [0.717, 1.165) is 11.1 Å². The minimum absolute atomic E-state index is 0.128. The fourth-order valence-corrected chi connectivity index (χ4v) is 3.44. The van der Waals surface area contributed by atoms with Crippen molar-refractivity contribution in [1.29, 1.82) is 0 Å². The first-order valence-corrected chi connectivity index (χ1v) is 10.9. The summed E-state index contributed by atoms with van der Waals surface area (Å²) in [6.45, 7) is 1.63. The maximum absolute atomic E-state index is 12.4. The average Bonchev–Trinajstić information content (AvgIpc) is 3.31. The topological polar surface area (TPSA) is 80.9 Å². The number of carbonyl (C=O) groups is 2. The van der Waals surface area contributed by atoms with E-state index in [1.165, 1.54) is 6.92 Å². The highest BCUT2D eigenvalue weighted by molar-refractivity contribution is 6.33. The smallest absolute Gasteiger partial charge is 0.339 e. The average molecular weight is 473 g/mol. The van der Waals surface area contributed by atoms with Gasteiger partial charge in [0.05, 0.1) is 22.5 Å². The monoisotopic (exact) mass is 472 g/mol. The normalized spacial score (nSPS) is 10.9. The molecule has 0 aliphatic heterocycles. The summed E-state index contributed by atoms with van der Waals surface area (Å²) >= 11 is 6.35. The van der Waals surface area contributed by atoms with Gasteiger partial charge in [-0.2, -0.15) is 0 Å². The maximum Gasteiger partial charge on any atom is 0.339 e. The molecular weight excluding hydrogens is 452 g/mol. The lowest BCUT2D eigenvalue weighted by Gasteiger charge is -2.07. The van der Waals surface area contributed by atoms with Crippen LogP contribution in [-0.2, 0) is 16.1 Å². The quantitative estimate of drug-likeness (QED) is 0.240. The number of nitrogens with zero attached hydrogens (tertiary/aromatic N) is 1. The number of nitrogens with one attached hydrogen (secondary N) is 1. The summed E-state index contributed by atoms with van der Waals surface area (Å²) < 4.78 is 11.2. The highest BCUT2D eigenvalue weighted by Crippen LogP contribution is 2.28. The first kappa shape index (κ1) is 23.0. The minimum Gasteiger partial charge on any atom is -0.457 e. The lowest BCUT2D eigenvalue weighted by molar-refractivity contribution is -0.114. The van der Waals surface area contributed by atoms with Crippen LogP contribution in [0.15, 0.2) is 94.3 Å². The van der Waals surface area contributed by atoms with Gasteiger partial charge in [-0.3, -0.25) is 9.79 Å². The molecule has 0 bridgehead atoms. The molecule has 0 aliphatic rings. The SMILES string of the molecule is CC(=O)Nc1ccc(N=Cc2ccc(-c3ccc(C(=O)OCc4ccccc4)c(Cl)c3)o2)cc1. The molecule has 3 aromatic carbocycles. The lowest BCUT2D eigenvalue weighted by Crippen LogP contribution is -2.06. The van der Waals surface area contributed by atoms with Gasteiger partial charge in [-0.05, 0) is 54.1 Å². The summed E-state index contributed by atoms with van der Waals surface area (Å²) in [5.41, 5.74) is 3.34. The molecule has 0 saturated heterocycles. The Morgan fingerprint density at radius 2 is 1.76 bits per heavy atom. The van der Waals surface area contributed by atoms with Crippen molar-refractivity contribution in [3.8, 4) is 11.3 Å². The van der Waals surface area contributed by atoms with Crippen molar-refractivity contribution in [3.05, 3.63) is 107 Å². The van der Waals surface area contributed by atoms with Gasteiger partial charge in [-0.15, -0.1) is 0 Å². The molecule has 4 aromatic rings. The second-order valence-electron chi connectivity index (χ2n) is 7.44. The van der Waals surface area contributed by atoms with E-state index in [1.807, 2.05) is 30.3 Å². The van der Waals surface area contributed by atoms with E-state index < -0.39 is 5.97 Å². The molecule has 4 rings (SSSR count). The number of hydrogen-bond donors (Lipinski definition) is 1. The Balaban J connectivity index is 1.41. The van der Waals surface area contributed by atoms with Crippen LogP contribution in [0.1, 0.15) is 28.6 Å². The third-order valence-electron chi connectivity index (χ3n) is 4.84. The summed E-state index contributed by atoms with van der Waals surface area (Å²) in [7, 11) is 0. The number of carbonyl (C=O) groups excluding carboxylic acids is 2. The van der Waals surface area contributed by atoms with Gasteiger partial charge in [0.25, 0.3) is 0 Å². The number of hydrogen-bond acceptors (Lipinski definition) is 5. The van der Waals surface area contributed by atoms with E-state index in [9.17, 15) is 9.59 Å². The molecule has 34 heavy (non-hydrogen) atoms. The number of benzene rings is 3. The number of aliphatic imine (C=N–C) groups is 1. The Kier molecular flexibility index (Phi) is 7.20. The van der Waals surface area contributed by atoms with E-state index in [4.69, 9.17) is 20.8 Å². The van der Waals surface area contributed by atoms with Crippen molar-refractivity contribution < 1.29 is 18.7 Å². The molecule has 0 radical (unpaired) electrons. The van der Waals surface area contributed by atoms with Gasteiger partial charge in [0, 0.05) is 18.2 Å². The highest BCUT2D eigenvalue weighted by Gasteiger charge is 2.14. The van der Waals surface area contributed by atoms with E-state index in [-0.39, 0.29) is 23.1 Å². The van der Waals surface area contributed by atoms with Gasteiger partial charge in [0.15, 0.2) is 0 Å². The van der Waals surface area contributed by atoms with Gasteiger partial charge in [-0.25, -0.2) is 4.79 Å². The Bertz CT molecular complexity index is 1330. The van der Waals surface area contributed by atoms with Crippen molar-refractivity contribution in [2.45, 2.75) is 13.5 Å². The molecule has 7 heteroatoms. The maximum atomic E-state index is 12.4. The van der Waals surface area contributed by atoms with Crippen LogP contribution in [0.5, 0.6) is 0 Å². The van der Waals surface area contributed by atoms with Crippen LogP contribution in [-0.4, -0.2) is 18.1 Å². The zero-order chi connectivity index (χ0) is 23.9. The van der Waals surface area contributed by atoms with Crippen molar-refractivity contribution in [1.82, 2.24) is 0 Å². The van der Waals surface area contributed by atoms with Crippen LogP contribution in [0.2, 0.25) is 5.02 Å². The molecule has 0 atom stereocenters. The fraction of sp³-hybridized carbons (Fsp3) is 0.0741. The Hall–Kier alpha value is -4.16. The molecular formula is C27H21ClN2O4. The summed E-state index contributed by atoms with van der Waals surface area (Å²) in [6.07, 6.45) is 1.60. The van der Waals surface area contributed by atoms with Crippen LogP contribution in [0, 0.1) is 0 Å².